The normalized spacial score (nSPS) is 17.1. The van der Waals surface area contributed by atoms with Crippen LogP contribution in [0.4, 0.5) is 4.39 Å². The Bertz CT molecular complexity index is 335. The fourth-order valence-electron chi connectivity index (χ4n) is 2.13. The highest BCUT2D eigenvalue weighted by molar-refractivity contribution is 5.21. The summed E-state index contributed by atoms with van der Waals surface area (Å²) in [5, 5.41) is 3.55. The molecule has 17 heavy (non-hydrogen) atoms. The third-order valence-corrected chi connectivity index (χ3v) is 3.21. The van der Waals surface area contributed by atoms with Crippen molar-refractivity contribution in [1.82, 2.24) is 5.32 Å². The molecule has 0 amide bonds. The number of halogens is 1. The first-order valence-corrected chi connectivity index (χ1v) is 6.29. The van der Waals surface area contributed by atoms with E-state index in [2.05, 4.69) is 5.32 Å². The van der Waals surface area contributed by atoms with E-state index in [-0.39, 0.29) is 5.82 Å². The Hall–Kier alpha value is -0.930. The van der Waals surface area contributed by atoms with Crippen molar-refractivity contribution in [2.45, 2.75) is 25.3 Å². The van der Waals surface area contributed by atoms with Gasteiger partial charge >= 0.3 is 0 Å². The van der Waals surface area contributed by atoms with Crippen molar-refractivity contribution in [1.29, 1.82) is 0 Å². The zero-order valence-electron chi connectivity index (χ0n) is 10.3. The molecule has 0 saturated heterocycles. The van der Waals surface area contributed by atoms with Gasteiger partial charge in [-0.15, -0.1) is 0 Å². The Morgan fingerprint density at radius 1 is 1.35 bits per heavy atom. The molecule has 94 valence electrons. The molecule has 1 atom stereocenters. The Morgan fingerprint density at radius 3 is 2.65 bits per heavy atom. The third-order valence-electron chi connectivity index (χ3n) is 3.21. The average Bonchev–Trinajstić information content (AvgIpc) is 3.15. The van der Waals surface area contributed by atoms with Gasteiger partial charge in [0, 0.05) is 19.8 Å². The maximum Gasteiger partial charge on any atom is 0.123 e. The SMILES string of the molecule is COCCCNC(c1ccc(F)cc1)C1CC1. The van der Waals surface area contributed by atoms with E-state index in [1.54, 1.807) is 19.2 Å². The molecule has 0 aromatic heterocycles. The molecule has 1 unspecified atom stereocenters. The molecule has 0 radical (unpaired) electrons. The first kappa shape index (κ1) is 12.5. The van der Waals surface area contributed by atoms with E-state index in [4.69, 9.17) is 4.74 Å². The number of ether oxygens (including phenoxy) is 1. The van der Waals surface area contributed by atoms with Crippen molar-refractivity contribution in [3.05, 3.63) is 35.6 Å². The van der Waals surface area contributed by atoms with Crippen LogP contribution in [0.15, 0.2) is 24.3 Å². The van der Waals surface area contributed by atoms with Crippen LogP contribution in [-0.4, -0.2) is 20.3 Å². The zero-order chi connectivity index (χ0) is 12.1. The van der Waals surface area contributed by atoms with Crippen LogP contribution in [0.3, 0.4) is 0 Å². The lowest BCUT2D eigenvalue weighted by molar-refractivity contribution is 0.192. The van der Waals surface area contributed by atoms with Gasteiger partial charge in [0.1, 0.15) is 5.82 Å². The number of hydrogen-bond acceptors (Lipinski definition) is 2. The van der Waals surface area contributed by atoms with Gasteiger partial charge in [0.2, 0.25) is 0 Å². The monoisotopic (exact) mass is 237 g/mol. The summed E-state index contributed by atoms with van der Waals surface area (Å²) in [6.45, 7) is 1.74. The number of nitrogens with one attached hydrogen (secondary N) is 1. The van der Waals surface area contributed by atoms with E-state index in [1.807, 2.05) is 12.1 Å². The van der Waals surface area contributed by atoms with Crippen molar-refractivity contribution in [2.24, 2.45) is 5.92 Å². The first-order chi connectivity index (χ1) is 8.31. The standard InChI is InChI=1S/C14H20FNO/c1-17-10-2-9-16-14(11-3-4-11)12-5-7-13(15)8-6-12/h5-8,11,14,16H,2-4,9-10H2,1H3. The molecule has 0 aliphatic heterocycles. The van der Waals surface area contributed by atoms with Crippen molar-refractivity contribution in [2.75, 3.05) is 20.3 Å². The van der Waals surface area contributed by atoms with Crippen LogP contribution >= 0.6 is 0 Å². The Labute approximate surface area is 102 Å². The summed E-state index contributed by atoms with van der Waals surface area (Å²) in [6.07, 6.45) is 3.57. The third kappa shape index (κ3) is 3.79. The predicted molar refractivity (Wildman–Crippen MR) is 66.4 cm³/mol. The fourth-order valence-corrected chi connectivity index (χ4v) is 2.13. The largest absolute Gasteiger partial charge is 0.385 e. The number of methoxy groups -OCH3 is 1. The lowest BCUT2D eigenvalue weighted by Gasteiger charge is -2.18. The first-order valence-electron chi connectivity index (χ1n) is 6.29. The van der Waals surface area contributed by atoms with E-state index >= 15 is 0 Å². The summed E-state index contributed by atoms with van der Waals surface area (Å²) in [4.78, 5) is 0. The summed E-state index contributed by atoms with van der Waals surface area (Å²) in [5.41, 5.74) is 1.20. The lowest BCUT2D eigenvalue weighted by Crippen LogP contribution is -2.24. The van der Waals surface area contributed by atoms with E-state index in [0.29, 0.717) is 6.04 Å². The molecule has 1 aliphatic rings. The van der Waals surface area contributed by atoms with Gasteiger partial charge in [-0.25, -0.2) is 4.39 Å². The minimum absolute atomic E-state index is 0.164. The summed E-state index contributed by atoms with van der Waals surface area (Å²) in [5.74, 6) is 0.561. The molecule has 1 aromatic rings. The summed E-state index contributed by atoms with van der Waals surface area (Å²) in [6, 6.07) is 7.25. The summed E-state index contributed by atoms with van der Waals surface area (Å²) >= 11 is 0. The average molecular weight is 237 g/mol. The molecule has 1 saturated carbocycles. The summed E-state index contributed by atoms with van der Waals surface area (Å²) in [7, 11) is 1.72. The lowest BCUT2D eigenvalue weighted by atomic mass is 10.0. The molecule has 0 bridgehead atoms. The zero-order valence-corrected chi connectivity index (χ0v) is 10.3. The van der Waals surface area contributed by atoms with Gasteiger partial charge in [0.25, 0.3) is 0 Å². The van der Waals surface area contributed by atoms with Crippen molar-refractivity contribution in [3.63, 3.8) is 0 Å². The van der Waals surface area contributed by atoms with Crippen LogP contribution < -0.4 is 5.32 Å². The van der Waals surface area contributed by atoms with Gasteiger partial charge in [0.15, 0.2) is 0 Å². The second-order valence-electron chi connectivity index (χ2n) is 4.67. The molecule has 1 N–H and O–H groups in total. The molecular formula is C14H20FNO. The molecule has 2 rings (SSSR count). The number of benzene rings is 1. The highest BCUT2D eigenvalue weighted by Gasteiger charge is 2.31. The highest BCUT2D eigenvalue weighted by Crippen LogP contribution is 2.40. The van der Waals surface area contributed by atoms with E-state index in [0.717, 1.165) is 25.5 Å². The minimum atomic E-state index is -0.164. The Morgan fingerprint density at radius 2 is 2.06 bits per heavy atom. The van der Waals surface area contributed by atoms with Crippen LogP contribution in [0.25, 0.3) is 0 Å². The second kappa shape index (κ2) is 6.12. The fraction of sp³-hybridized carbons (Fsp3) is 0.571. The van der Waals surface area contributed by atoms with E-state index < -0.39 is 0 Å². The van der Waals surface area contributed by atoms with Crippen molar-refractivity contribution >= 4 is 0 Å². The van der Waals surface area contributed by atoms with Crippen LogP contribution in [0.5, 0.6) is 0 Å². The maximum atomic E-state index is 12.9. The molecule has 1 aromatic carbocycles. The maximum absolute atomic E-state index is 12.9. The predicted octanol–water partition coefficient (Wildman–Crippen LogP) is 2.90. The highest BCUT2D eigenvalue weighted by atomic mass is 19.1. The molecule has 0 spiro atoms. The van der Waals surface area contributed by atoms with Crippen LogP contribution in [-0.2, 0) is 4.74 Å². The van der Waals surface area contributed by atoms with E-state index in [9.17, 15) is 4.39 Å². The van der Waals surface area contributed by atoms with Gasteiger partial charge in [-0.3, -0.25) is 0 Å². The number of hydrogen-bond donors (Lipinski definition) is 1. The summed E-state index contributed by atoms with van der Waals surface area (Å²) < 4.78 is 17.9. The molecule has 1 fully saturated rings. The minimum Gasteiger partial charge on any atom is -0.385 e. The van der Waals surface area contributed by atoms with Crippen molar-refractivity contribution in [3.8, 4) is 0 Å². The van der Waals surface area contributed by atoms with Crippen LogP contribution in [0.1, 0.15) is 30.9 Å². The molecule has 0 heterocycles. The molecule has 1 aliphatic carbocycles. The Kier molecular flexibility index (Phi) is 4.51. The van der Waals surface area contributed by atoms with Crippen molar-refractivity contribution < 1.29 is 9.13 Å². The molecule has 3 heteroatoms. The molecule has 2 nitrogen and oxygen atoms in total. The van der Waals surface area contributed by atoms with E-state index in [1.165, 1.54) is 18.4 Å². The van der Waals surface area contributed by atoms with Gasteiger partial charge < -0.3 is 10.1 Å². The Balaban J connectivity index is 1.90. The van der Waals surface area contributed by atoms with Gasteiger partial charge in [-0.2, -0.15) is 0 Å². The molecular weight excluding hydrogens is 217 g/mol. The quantitative estimate of drug-likeness (QED) is 0.736. The van der Waals surface area contributed by atoms with Gasteiger partial charge in [-0.1, -0.05) is 12.1 Å². The smallest absolute Gasteiger partial charge is 0.123 e. The van der Waals surface area contributed by atoms with Gasteiger partial charge in [-0.05, 0) is 49.4 Å². The van der Waals surface area contributed by atoms with Crippen LogP contribution in [0.2, 0.25) is 0 Å². The van der Waals surface area contributed by atoms with Crippen LogP contribution in [0, 0.1) is 11.7 Å². The number of rotatable bonds is 7. The topological polar surface area (TPSA) is 21.3 Å². The second-order valence-corrected chi connectivity index (χ2v) is 4.67. The van der Waals surface area contributed by atoms with Gasteiger partial charge in [0.05, 0.1) is 0 Å².